The molecular formula is C22H30F2O3. The summed E-state index contributed by atoms with van der Waals surface area (Å²) in [6.07, 6.45) is 8.22. The predicted octanol–water partition coefficient (Wildman–Crippen LogP) is 5.54. The molecule has 0 aromatic heterocycles. The Hall–Kier alpha value is -1.04. The Morgan fingerprint density at radius 1 is 0.889 bits per heavy atom. The molecule has 1 aliphatic carbocycles. The van der Waals surface area contributed by atoms with Crippen molar-refractivity contribution < 1.29 is 23.0 Å². The highest BCUT2D eigenvalue weighted by atomic mass is 19.1. The van der Waals surface area contributed by atoms with Gasteiger partial charge in [-0.1, -0.05) is 26.2 Å². The lowest BCUT2D eigenvalue weighted by Crippen LogP contribution is -2.63. The number of ether oxygens (including phenoxy) is 3. The SMILES string of the molecule is CCCCCC12COC(C3CCC(c4cc(F)cc(F)c4)CC3)(OC1)OC2. The normalized spacial score (nSPS) is 36.1. The molecule has 5 heteroatoms. The van der Waals surface area contributed by atoms with Gasteiger partial charge in [0.25, 0.3) is 5.97 Å². The highest BCUT2D eigenvalue weighted by Gasteiger charge is 2.56. The van der Waals surface area contributed by atoms with Crippen molar-refractivity contribution in [3.63, 3.8) is 0 Å². The Morgan fingerprint density at radius 3 is 2.04 bits per heavy atom. The Kier molecular flexibility index (Phi) is 5.55. The third-order valence-corrected chi connectivity index (χ3v) is 6.63. The Balaban J connectivity index is 1.34. The molecule has 1 aromatic carbocycles. The van der Waals surface area contributed by atoms with E-state index in [1.165, 1.54) is 31.4 Å². The Morgan fingerprint density at radius 2 is 1.48 bits per heavy atom. The van der Waals surface area contributed by atoms with Crippen LogP contribution in [0.4, 0.5) is 8.78 Å². The summed E-state index contributed by atoms with van der Waals surface area (Å²) in [7, 11) is 0. The van der Waals surface area contributed by atoms with Gasteiger partial charge in [0.1, 0.15) is 11.6 Å². The standard InChI is InChI=1S/C22H30F2O3/c1-2-3-4-9-21-13-25-22(26-14-21,27-15-21)18-7-5-16(6-8-18)17-10-19(23)12-20(24)11-17/h10-12,16,18H,2-9,13-15H2,1H3. The van der Waals surface area contributed by atoms with Crippen LogP contribution < -0.4 is 0 Å². The van der Waals surface area contributed by atoms with Gasteiger partial charge in [0, 0.05) is 17.4 Å². The monoisotopic (exact) mass is 380 g/mol. The van der Waals surface area contributed by atoms with Gasteiger partial charge in [-0.15, -0.1) is 0 Å². The molecule has 0 spiro atoms. The number of benzene rings is 1. The molecule has 0 radical (unpaired) electrons. The minimum absolute atomic E-state index is 0.0210. The molecule has 0 amide bonds. The quantitative estimate of drug-likeness (QED) is 0.607. The molecule has 150 valence electrons. The van der Waals surface area contributed by atoms with Crippen LogP contribution in [-0.2, 0) is 14.2 Å². The first-order valence-corrected chi connectivity index (χ1v) is 10.4. The first-order valence-electron chi connectivity index (χ1n) is 10.4. The average Bonchev–Trinajstić information content (AvgIpc) is 2.69. The molecule has 3 heterocycles. The van der Waals surface area contributed by atoms with E-state index in [1.807, 2.05) is 0 Å². The maximum Gasteiger partial charge on any atom is 0.285 e. The second kappa shape index (κ2) is 7.76. The molecule has 0 N–H and O–H groups in total. The van der Waals surface area contributed by atoms with Gasteiger partial charge >= 0.3 is 0 Å². The molecule has 1 aromatic rings. The van der Waals surface area contributed by atoms with Crippen LogP contribution in [0, 0.1) is 23.0 Å². The number of hydrogen-bond donors (Lipinski definition) is 0. The number of hydrogen-bond acceptors (Lipinski definition) is 3. The van der Waals surface area contributed by atoms with Crippen molar-refractivity contribution in [3.8, 4) is 0 Å². The van der Waals surface area contributed by atoms with E-state index in [1.54, 1.807) is 0 Å². The van der Waals surface area contributed by atoms with Crippen LogP contribution in [0.25, 0.3) is 0 Å². The van der Waals surface area contributed by atoms with Crippen molar-refractivity contribution in [2.24, 2.45) is 11.3 Å². The fraction of sp³-hybridized carbons (Fsp3) is 0.727. The first kappa shape index (κ1) is 19.3. The lowest BCUT2D eigenvalue weighted by molar-refractivity contribution is -0.488. The van der Waals surface area contributed by atoms with E-state index < -0.39 is 17.6 Å². The van der Waals surface area contributed by atoms with Crippen LogP contribution in [0.15, 0.2) is 18.2 Å². The van der Waals surface area contributed by atoms with Gasteiger partial charge in [-0.25, -0.2) is 8.78 Å². The number of unbranched alkanes of at least 4 members (excludes halogenated alkanes) is 2. The van der Waals surface area contributed by atoms with E-state index in [2.05, 4.69) is 6.92 Å². The summed E-state index contributed by atoms with van der Waals surface area (Å²) in [6.45, 7) is 4.35. The Labute approximate surface area is 160 Å². The van der Waals surface area contributed by atoms with Gasteiger partial charge in [0.05, 0.1) is 19.8 Å². The van der Waals surface area contributed by atoms with Gasteiger partial charge in [-0.05, 0) is 55.7 Å². The summed E-state index contributed by atoms with van der Waals surface area (Å²) < 4.78 is 45.5. The molecule has 2 bridgehead atoms. The van der Waals surface area contributed by atoms with Crippen molar-refractivity contribution >= 4 is 0 Å². The van der Waals surface area contributed by atoms with Crippen molar-refractivity contribution in [1.29, 1.82) is 0 Å². The summed E-state index contributed by atoms with van der Waals surface area (Å²) >= 11 is 0. The second-order valence-electron chi connectivity index (χ2n) is 8.68. The van der Waals surface area contributed by atoms with E-state index in [9.17, 15) is 8.78 Å². The van der Waals surface area contributed by atoms with Crippen molar-refractivity contribution in [2.45, 2.75) is 70.2 Å². The molecule has 1 saturated carbocycles. The molecule has 4 aliphatic rings. The third-order valence-electron chi connectivity index (χ3n) is 6.63. The molecular weight excluding hydrogens is 350 g/mol. The summed E-state index contributed by atoms with van der Waals surface area (Å²) in [5.74, 6) is -1.53. The van der Waals surface area contributed by atoms with Crippen LogP contribution in [0.3, 0.4) is 0 Å². The lowest BCUT2D eigenvalue weighted by atomic mass is 9.76. The zero-order chi connectivity index (χ0) is 18.9. The van der Waals surface area contributed by atoms with Crippen LogP contribution in [0.1, 0.15) is 69.8 Å². The fourth-order valence-electron chi connectivity index (χ4n) is 4.92. The third kappa shape index (κ3) is 3.92. The van der Waals surface area contributed by atoms with Gasteiger partial charge in [0.15, 0.2) is 0 Å². The lowest BCUT2D eigenvalue weighted by Gasteiger charge is -2.55. The minimum Gasteiger partial charge on any atom is -0.326 e. The van der Waals surface area contributed by atoms with E-state index >= 15 is 0 Å². The topological polar surface area (TPSA) is 27.7 Å². The van der Waals surface area contributed by atoms with Crippen LogP contribution in [0.5, 0.6) is 0 Å². The number of halogens is 2. The van der Waals surface area contributed by atoms with Gasteiger partial charge in [-0.2, -0.15) is 0 Å². The fourth-order valence-corrected chi connectivity index (χ4v) is 4.92. The largest absolute Gasteiger partial charge is 0.326 e. The number of rotatable bonds is 6. The maximum atomic E-state index is 13.5. The Bertz CT molecular complexity index is 610. The maximum absolute atomic E-state index is 13.5. The summed E-state index contributed by atoms with van der Waals surface area (Å²) in [5, 5.41) is 0. The van der Waals surface area contributed by atoms with Crippen molar-refractivity contribution in [1.82, 2.24) is 0 Å². The summed E-state index contributed by atoms with van der Waals surface area (Å²) in [6, 6.07) is 3.85. The average molecular weight is 380 g/mol. The first-order chi connectivity index (χ1) is 13.0. The molecule has 5 rings (SSSR count). The predicted molar refractivity (Wildman–Crippen MR) is 98.2 cm³/mol. The van der Waals surface area contributed by atoms with Crippen LogP contribution in [-0.4, -0.2) is 25.8 Å². The molecule has 0 unspecified atom stereocenters. The van der Waals surface area contributed by atoms with Gasteiger partial charge in [0.2, 0.25) is 0 Å². The number of fused-ring (bicyclic) bond motifs is 3. The zero-order valence-corrected chi connectivity index (χ0v) is 16.1. The van der Waals surface area contributed by atoms with Crippen LogP contribution in [0.2, 0.25) is 0 Å². The van der Waals surface area contributed by atoms with Gasteiger partial charge < -0.3 is 14.2 Å². The highest BCUT2D eigenvalue weighted by Crippen LogP contribution is 2.50. The van der Waals surface area contributed by atoms with Gasteiger partial charge in [-0.3, -0.25) is 0 Å². The summed E-state index contributed by atoms with van der Waals surface area (Å²) in [5.41, 5.74) is 0.779. The summed E-state index contributed by atoms with van der Waals surface area (Å²) in [4.78, 5) is 0. The van der Waals surface area contributed by atoms with E-state index in [4.69, 9.17) is 14.2 Å². The molecule has 0 atom stereocenters. The molecule has 27 heavy (non-hydrogen) atoms. The smallest absolute Gasteiger partial charge is 0.285 e. The van der Waals surface area contributed by atoms with Crippen molar-refractivity contribution in [3.05, 3.63) is 35.4 Å². The molecule has 3 saturated heterocycles. The highest BCUT2D eigenvalue weighted by molar-refractivity contribution is 5.22. The molecule has 3 nitrogen and oxygen atoms in total. The van der Waals surface area contributed by atoms with Crippen LogP contribution >= 0.6 is 0 Å². The van der Waals surface area contributed by atoms with E-state index in [0.717, 1.165) is 43.7 Å². The van der Waals surface area contributed by atoms with Crippen molar-refractivity contribution in [2.75, 3.05) is 19.8 Å². The minimum atomic E-state index is -0.898. The van der Waals surface area contributed by atoms with E-state index in [0.29, 0.717) is 19.8 Å². The molecule has 3 aliphatic heterocycles. The second-order valence-corrected chi connectivity index (χ2v) is 8.68. The van der Waals surface area contributed by atoms with E-state index in [-0.39, 0.29) is 17.3 Å². The zero-order valence-electron chi connectivity index (χ0n) is 16.1. The molecule has 4 fully saturated rings.